The molecule has 2 bridgehead atoms. The molecule has 0 saturated carbocycles. The molecule has 1 spiro atoms. The van der Waals surface area contributed by atoms with E-state index in [2.05, 4.69) is 13.2 Å². The van der Waals surface area contributed by atoms with Crippen LogP contribution in [0.4, 0.5) is 5.69 Å². The fraction of sp³-hybridized carbons (Fsp3) is 0.567. The Hall–Kier alpha value is -2.78. The van der Waals surface area contributed by atoms with Crippen molar-refractivity contribution in [3.63, 3.8) is 0 Å². The van der Waals surface area contributed by atoms with Crippen LogP contribution in [0.1, 0.15) is 40.5 Å². The topological polar surface area (TPSA) is 90.4 Å². The number of hydrogen-bond donors (Lipinski definition) is 1. The van der Waals surface area contributed by atoms with E-state index in [1.54, 1.807) is 45.5 Å². The Morgan fingerprint density at radius 3 is 2.41 bits per heavy atom. The number of anilines is 1. The molecule has 3 heterocycles. The van der Waals surface area contributed by atoms with Gasteiger partial charge in [-0.25, -0.2) is 0 Å². The van der Waals surface area contributed by atoms with Gasteiger partial charge in [0.05, 0.1) is 35.8 Å². The Balaban J connectivity index is 1.74. The van der Waals surface area contributed by atoms with Gasteiger partial charge >= 0.3 is 0 Å². The Bertz CT molecular complexity index is 1110. The summed E-state index contributed by atoms with van der Waals surface area (Å²) in [6.45, 7) is 16.2. The van der Waals surface area contributed by atoms with Crippen LogP contribution in [0, 0.1) is 11.8 Å². The Kier molecular flexibility index (Phi) is 8.81. The lowest BCUT2D eigenvalue weighted by Crippen LogP contribution is -2.58. The van der Waals surface area contributed by atoms with Crippen molar-refractivity contribution in [3.8, 4) is 5.75 Å². The number of aliphatic hydroxyl groups excluding tert-OH is 1. The molecule has 3 fully saturated rings. The lowest BCUT2D eigenvalue weighted by atomic mass is 9.70. The summed E-state index contributed by atoms with van der Waals surface area (Å²) in [6, 6.07) is 5.98. The van der Waals surface area contributed by atoms with Crippen LogP contribution in [0.5, 0.6) is 5.75 Å². The number of aliphatic hydroxyl groups is 1. The molecular formula is C30H41N3O5S. The van der Waals surface area contributed by atoms with E-state index in [9.17, 15) is 19.5 Å². The normalized spacial score (nSPS) is 27.8. The Morgan fingerprint density at radius 2 is 1.85 bits per heavy atom. The predicted molar refractivity (Wildman–Crippen MR) is 155 cm³/mol. The molecule has 8 nitrogen and oxygen atoms in total. The van der Waals surface area contributed by atoms with Crippen molar-refractivity contribution in [3.05, 3.63) is 49.6 Å². The predicted octanol–water partition coefficient (Wildman–Crippen LogP) is 3.50. The van der Waals surface area contributed by atoms with Crippen LogP contribution in [-0.4, -0.2) is 87.1 Å². The molecule has 1 aromatic carbocycles. The number of carbonyl (C=O) groups is 3. The molecule has 1 aromatic rings. The zero-order valence-corrected chi connectivity index (χ0v) is 24.2. The van der Waals surface area contributed by atoms with Crippen LogP contribution in [0.3, 0.4) is 0 Å². The first kappa shape index (κ1) is 29.2. The number of thioether (sulfide) groups is 1. The maximum atomic E-state index is 14.3. The molecule has 0 radical (unpaired) electrons. The van der Waals surface area contributed by atoms with Crippen LogP contribution >= 0.6 is 11.8 Å². The SMILES string of the molecule is C=CCN(C(=O)[C@@H]1[C@H]2C(=O)N([C@H](C)CO)C(C(=O)N(CC=C)C(C)C)C23CC[C@H]1S3)c1ccc(OCC)cc1. The first-order valence-corrected chi connectivity index (χ1v) is 14.7. The minimum absolute atomic E-state index is 0.0600. The number of carbonyl (C=O) groups excluding carboxylic acids is 3. The van der Waals surface area contributed by atoms with Gasteiger partial charge in [0, 0.05) is 30.1 Å². The van der Waals surface area contributed by atoms with Crippen LogP contribution in [0.25, 0.3) is 0 Å². The van der Waals surface area contributed by atoms with Gasteiger partial charge in [-0.2, -0.15) is 0 Å². The maximum absolute atomic E-state index is 14.3. The monoisotopic (exact) mass is 555 g/mol. The number of fused-ring (bicyclic) bond motifs is 1. The summed E-state index contributed by atoms with van der Waals surface area (Å²) in [5.74, 6) is -0.970. The Morgan fingerprint density at radius 1 is 1.18 bits per heavy atom. The van der Waals surface area contributed by atoms with Gasteiger partial charge in [-0.3, -0.25) is 14.4 Å². The highest BCUT2D eigenvalue weighted by molar-refractivity contribution is 8.02. The van der Waals surface area contributed by atoms with Crippen molar-refractivity contribution in [2.75, 3.05) is 31.2 Å². The summed E-state index contributed by atoms with van der Waals surface area (Å²) in [4.78, 5) is 47.7. The summed E-state index contributed by atoms with van der Waals surface area (Å²) in [7, 11) is 0. The molecule has 3 saturated heterocycles. The lowest BCUT2D eigenvalue weighted by Gasteiger charge is -2.40. The third-order valence-corrected chi connectivity index (χ3v) is 10.2. The number of nitrogens with zero attached hydrogens (tertiary/aromatic N) is 3. The minimum atomic E-state index is -0.745. The number of hydrogen-bond acceptors (Lipinski definition) is 6. The van der Waals surface area contributed by atoms with Crippen molar-refractivity contribution in [1.29, 1.82) is 0 Å². The highest BCUT2D eigenvalue weighted by Gasteiger charge is 2.74. The van der Waals surface area contributed by atoms with Crippen molar-refractivity contribution in [2.45, 2.75) is 68.7 Å². The highest BCUT2D eigenvalue weighted by Crippen LogP contribution is 2.67. The summed E-state index contributed by atoms with van der Waals surface area (Å²) < 4.78 is 4.85. The molecule has 6 atom stereocenters. The van der Waals surface area contributed by atoms with Gasteiger partial charge in [0.1, 0.15) is 11.8 Å². The fourth-order valence-corrected chi connectivity index (χ4v) is 8.78. The molecule has 212 valence electrons. The lowest BCUT2D eigenvalue weighted by molar-refractivity contribution is -0.146. The first-order chi connectivity index (χ1) is 18.7. The standard InChI is InChI=1S/C30H41N3O5S/c1-7-16-31(19(4)5)29(37)26-30-15-14-23(39-30)24(25(30)28(36)33(26)20(6)18-34)27(35)32(17-8-2)21-10-12-22(13-11-21)38-9-3/h7-8,10-13,19-20,23-26,34H,1-2,9,14-18H2,3-6H3/t20-,23-,24+,25+,26?,30?/m1/s1. The molecular weight excluding hydrogens is 514 g/mol. The van der Waals surface area contributed by atoms with Gasteiger partial charge in [-0.05, 0) is 64.8 Å². The minimum Gasteiger partial charge on any atom is -0.494 e. The molecule has 9 heteroatoms. The average molecular weight is 556 g/mol. The zero-order valence-electron chi connectivity index (χ0n) is 23.4. The van der Waals surface area contributed by atoms with E-state index in [4.69, 9.17) is 4.74 Å². The van der Waals surface area contributed by atoms with Crippen LogP contribution in [-0.2, 0) is 14.4 Å². The molecule has 3 aliphatic heterocycles. The number of ether oxygens (including phenoxy) is 1. The smallest absolute Gasteiger partial charge is 0.247 e. The summed E-state index contributed by atoms with van der Waals surface area (Å²) >= 11 is 1.63. The number of likely N-dealkylation sites (tertiary alicyclic amines) is 1. The zero-order chi connectivity index (χ0) is 28.5. The second-order valence-electron chi connectivity index (χ2n) is 10.9. The first-order valence-electron chi connectivity index (χ1n) is 13.8. The van der Waals surface area contributed by atoms with Gasteiger partial charge in [-0.15, -0.1) is 24.9 Å². The average Bonchev–Trinajstić information content (AvgIpc) is 3.57. The van der Waals surface area contributed by atoms with E-state index in [-0.39, 0.29) is 35.6 Å². The van der Waals surface area contributed by atoms with E-state index in [1.807, 2.05) is 45.0 Å². The highest BCUT2D eigenvalue weighted by atomic mass is 32.2. The summed E-state index contributed by atoms with van der Waals surface area (Å²) in [6.07, 6.45) is 4.81. The summed E-state index contributed by atoms with van der Waals surface area (Å²) in [5.41, 5.74) is 0.709. The van der Waals surface area contributed by atoms with E-state index < -0.39 is 28.7 Å². The fourth-order valence-electron chi connectivity index (χ4n) is 6.59. The number of rotatable bonds is 12. The molecule has 2 unspecified atom stereocenters. The van der Waals surface area contributed by atoms with E-state index in [0.717, 1.165) is 12.2 Å². The van der Waals surface area contributed by atoms with E-state index >= 15 is 0 Å². The van der Waals surface area contributed by atoms with Gasteiger partial charge in [0.15, 0.2) is 0 Å². The van der Waals surface area contributed by atoms with Crippen molar-refractivity contribution in [2.24, 2.45) is 11.8 Å². The molecule has 4 rings (SSSR count). The van der Waals surface area contributed by atoms with Crippen LogP contribution in [0.15, 0.2) is 49.6 Å². The maximum Gasteiger partial charge on any atom is 0.247 e. The van der Waals surface area contributed by atoms with Crippen molar-refractivity contribution < 1.29 is 24.2 Å². The Labute approximate surface area is 236 Å². The van der Waals surface area contributed by atoms with Gasteiger partial charge in [0.2, 0.25) is 17.7 Å². The molecule has 1 N–H and O–H groups in total. The second kappa shape index (κ2) is 11.8. The third kappa shape index (κ3) is 4.88. The molecule has 39 heavy (non-hydrogen) atoms. The number of benzene rings is 1. The molecule has 3 amide bonds. The number of amides is 3. The van der Waals surface area contributed by atoms with Gasteiger partial charge < -0.3 is 24.5 Å². The van der Waals surface area contributed by atoms with E-state index in [0.29, 0.717) is 31.8 Å². The molecule has 0 aromatic heterocycles. The molecule has 3 aliphatic rings. The second-order valence-corrected chi connectivity index (χ2v) is 12.5. The van der Waals surface area contributed by atoms with E-state index in [1.165, 1.54) is 0 Å². The van der Waals surface area contributed by atoms with Crippen LogP contribution < -0.4 is 9.64 Å². The largest absolute Gasteiger partial charge is 0.494 e. The van der Waals surface area contributed by atoms with Gasteiger partial charge in [0.25, 0.3) is 0 Å². The van der Waals surface area contributed by atoms with Crippen molar-refractivity contribution >= 4 is 35.2 Å². The van der Waals surface area contributed by atoms with Gasteiger partial charge in [-0.1, -0.05) is 12.2 Å². The third-order valence-electron chi connectivity index (χ3n) is 8.27. The van der Waals surface area contributed by atoms with Crippen molar-refractivity contribution in [1.82, 2.24) is 9.80 Å². The molecule has 0 aliphatic carbocycles. The van der Waals surface area contributed by atoms with Crippen LogP contribution in [0.2, 0.25) is 0 Å². The quantitative estimate of drug-likeness (QED) is 0.397. The summed E-state index contributed by atoms with van der Waals surface area (Å²) in [5, 5.41) is 10.0.